The molecule has 0 unspecified atom stereocenters. The zero-order chi connectivity index (χ0) is 10.0. The molecule has 0 N–H and O–H groups in total. The van der Waals surface area contributed by atoms with E-state index in [-0.39, 0.29) is 5.97 Å². The molecule has 1 rings (SSSR count). The zero-order valence-corrected chi connectivity index (χ0v) is 8.66. The van der Waals surface area contributed by atoms with Crippen LogP contribution < -0.4 is 9.75 Å². The third-order valence-corrected chi connectivity index (χ3v) is 2.99. The average Bonchev–Trinajstić information content (AvgIpc) is 2.33. The molecule has 0 bridgehead atoms. The van der Waals surface area contributed by atoms with Crippen LogP contribution in [0, 0.1) is 6.92 Å². The first-order valence-corrected chi connectivity index (χ1v) is 4.84. The standard InChI is InChI=1S/C10H12O2S/c1-5-12-10(11)9-7(3)6(2)8(4)13-9/h2,4-5H2,1,3H3. The van der Waals surface area contributed by atoms with Crippen molar-refractivity contribution in [1.29, 1.82) is 0 Å². The number of carbonyl (C=O) groups excluding carboxylic acids is 1. The number of rotatable bonds is 2. The zero-order valence-electron chi connectivity index (χ0n) is 7.85. The summed E-state index contributed by atoms with van der Waals surface area (Å²) in [6.45, 7) is 11.7. The van der Waals surface area contributed by atoms with Crippen LogP contribution in [0.25, 0.3) is 13.2 Å². The Morgan fingerprint density at radius 1 is 1.54 bits per heavy atom. The molecule has 1 heterocycles. The van der Waals surface area contributed by atoms with Gasteiger partial charge in [0.05, 0.1) is 6.61 Å². The third kappa shape index (κ3) is 1.80. The highest BCUT2D eigenvalue weighted by atomic mass is 32.1. The van der Waals surface area contributed by atoms with Crippen LogP contribution in [0.2, 0.25) is 0 Å². The lowest BCUT2D eigenvalue weighted by molar-refractivity contribution is 0.0531. The largest absolute Gasteiger partial charge is 0.462 e. The normalized spacial score (nSPS) is 10.0. The van der Waals surface area contributed by atoms with Gasteiger partial charge in [-0.15, -0.1) is 11.3 Å². The number of esters is 1. The number of ether oxygens (including phenoxy) is 1. The molecule has 0 saturated heterocycles. The summed E-state index contributed by atoms with van der Waals surface area (Å²) in [5.41, 5.74) is 0.883. The summed E-state index contributed by atoms with van der Waals surface area (Å²) in [7, 11) is 0. The van der Waals surface area contributed by atoms with E-state index in [0.717, 1.165) is 15.3 Å². The van der Waals surface area contributed by atoms with Crippen molar-refractivity contribution in [2.45, 2.75) is 13.8 Å². The molecule has 2 nitrogen and oxygen atoms in total. The molecule has 0 atom stereocenters. The molecule has 70 valence electrons. The molecule has 13 heavy (non-hydrogen) atoms. The van der Waals surface area contributed by atoms with Crippen molar-refractivity contribution in [2.24, 2.45) is 0 Å². The van der Waals surface area contributed by atoms with E-state index in [1.165, 1.54) is 11.3 Å². The van der Waals surface area contributed by atoms with Crippen LogP contribution in [0.1, 0.15) is 22.2 Å². The van der Waals surface area contributed by atoms with E-state index in [4.69, 9.17) is 4.74 Å². The second kappa shape index (κ2) is 3.75. The van der Waals surface area contributed by atoms with Gasteiger partial charge in [-0.25, -0.2) is 4.79 Å². The SMILES string of the molecule is C=c1sc(C(=O)OCC)c(C)c1=C. The Morgan fingerprint density at radius 3 is 2.54 bits per heavy atom. The first-order chi connectivity index (χ1) is 6.07. The first kappa shape index (κ1) is 9.99. The molecule has 0 aromatic carbocycles. The Bertz CT molecular complexity index is 417. The van der Waals surface area contributed by atoms with Crippen LogP contribution in [0.15, 0.2) is 0 Å². The quantitative estimate of drug-likeness (QED) is 0.661. The Morgan fingerprint density at radius 2 is 2.15 bits per heavy atom. The molecule has 0 radical (unpaired) electrons. The van der Waals surface area contributed by atoms with Crippen molar-refractivity contribution in [1.82, 2.24) is 0 Å². The summed E-state index contributed by atoms with van der Waals surface area (Å²) in [5, 5.41) is 0.841. The van der Waals surface area contributed by atoms with Gasteiger partial charge in [0.2, 0.25) is 0 Å². The van der Waals surface area contributed by atoms with Crippen molar-refractivity contribution in [3.63, 3.8) is 0 Å². The van der Waals surface area contributed by atoms with E-state index >= 15 is 0 Å². The number of hydrogen-bond donors (Lipinski definition) is 0. The highest BCUT2D eigenvalue weighted by Gasteiger charge is 2.12. The molecule has 0 saturated carbocycles. The molecule has 0 aliphatic carbocycles. The lowest BCUT2D eigenvalue weighted by Gasteiger charge is -1.98. The molecule has 1 aromatic heterocycles. The predicted molar refractivity (Wildman–Crippen MR) is 55.3 cm³/mol. The van der Waals surface area contributed by atoms with Crippen LogP contribution in [0.5, 0.6) is 0 Å². The summed E-state index contributed by atoms with van der Waals surface area (Å²) in [4.78, 5) is 12.0. The summed E-state index contributed by atoms with van der Waals surface area (Å²) in [6, 6.07) is 0. The van der Waals surface area contributed by atoms with E-state index in [1.54, 1.807) is 6.92 Å². The lowest BCUT2D eigenvalue weighted by Crippen LogP contribution is -2.16. The molecule has 0 amide bonds. The Hall–Kier alpha value is -1.09. The minimum atomic E-state index is -0.273. The minimum absolute atomic E-state index is 0.273. The third-order valence-electron chi connectivity index (χ3n) is 1.82. The number of thiophene rings is 1. The van der Waals surface area contributed by atoms with Crippen LogP contribution in [-0.4, -0.2) is 12.6 Å². The maximum Gasteiger partial charge on any atom is 0.348 e. The smallest absolute Gasteiger partial charge is 0.348 e. The molecule has 0 aliphatic rings. The lowest BCUT2D eigenvalue weighted by atomic mass is 10.2. The van der Waals surface area contributed by atoms with E-state index in [9.17, 15) is 4.79 Å². The van der Waals surface area contributed by atoms with Gasteiger partial charge in [0.15, 0.2) is 0 Å². The topological polar surface area (TPSA) is 26.3 Å². The van der Waals surface area contributed by atoms with Gasteiger partial charge in [-0.2, -0.15) is 0 Å². The van der Waals surface area contributed by atoms with Crippen molar-refractivity contribution < 1.29 is 9.53 Å². The monoisotopic (exact) mass is 196 g/mol. The predicted octanol–water partition coefficient (Wildman–Crippen LogP) is 1.05. The van der Waals surface area contributed by atoms with Gasteiger partial charge in [0.25, 0.3) is 0 Å². The molecule has 0 fully saturated rings. The van der Waals surface area contributed by atoms with Crippen LogP contribution >= 0.6 is 11.3 Å². The fourth-order valence-corrected chi connectivity index (χ4v) is 1.94. The van der Waals surface area contributed by atoms with E-state index in [0.29, 0.717) is 11.5 Å². The van der Waals surface area contributed by atoms with Crippen molar-refractivity contribution in [2.75, 3.05) is 6.61 Å². The molecular weight excluding hydrogens is 184 g/mol. The summed E-state index contributed by atoms with van der Waals surface area (Å²) >= 11 is 1.34. The molecule has 0 aliphatic heterocycles. The van der Waals surface area contributed by atoms with Crippen LogP contribution in [-0.2, 0) is 4.74 Å². The molecule has 1 aromatic rings. The number of hydrogen-bond acceptors (Lipinski definition) is 3. The fraction of sp³-hybridized carbons (Fsp3) is 0.300. The second-order valence-electron chi connectivity index (χ2n) is 2.68. The summed E-state index contributed by atoms with van der Waals surface area (Å²) in [6.07, 6.45) is 0. The maximum absolute atomic E-state index is 11.4. The molecular formula is C10H12O2S. The van der Waals surface area contributed by atoms with Crippen molar-refractivity contribution in [3.8, 4) is 0 Å². The van der Waals surface area contributed by atoms with Crippen molar-refractivity contribution >= 4 is 30.5 Å². The van der Waals surface area contributed by atoms with Gasteiger partial charge < -0.3 is 4.74 Å². The fourth-order valence-electron chi connectivity index (χ4n) is 0.999. The van der Waals surface area contributed by atoms with Crippen LogP contribution in [0.4, 0.5) is 0 Å². The van der Waals surface area contributed by atoms with Crippen molar-refractivity contribution in [3.05, 3.63) is 20.2 Å². The van der Waals surface area contributed by atoms with E-state index < -0.39 is 0 Å². The van der Waals surface area contributed by atoms with Gasteiger partial charge >= 0.3 is 5.97 Å². The van der Waals surface area contributed by atoms with Gasteiger partial charge in [0, 0.05) is 4.53 Å². The van der Waals surface area contributed by atoms with Crippen LogP contribution in [0.3, 0.4) is 0 Å². The first-order valence-electron chi connectivity index (χ1n) is 4.02. The van der Waals surface area contributed by atoms with Gasteiger partial charge in [0.1, 0.15) is 4.88 Å². The van der Waals surface area contributed by atoms with Gasteiger partial charge in [-0.1, -0.05) is 13.2 Å². The van der Waals surface area contributed by atoms with Gasteiger partial charge in [-0.05, 0) is 24.6 Å². The Labute approximate surface area is 81.2 Å². The summed E-state index contributed by atoms with van der Waals surface area (Å²) < 4.78 is 5.73. The molecule has 0 spiro atoms. The summed E-state index contributed by atoms with van der Waals surface area (Å²) in [5.74, 6) is -0.273. The minimum Gasteiger partial charge on any atom is -0.462 e. The highest BCUT2D eigenvalue weighted by molar-refractivity contribution is 7.12. The number of carbonyl (C=O) groups is 1. The average molecular weight is 196 g/mol. The Balaban J connectivity index is 3.17. The second-order valence-corrected chi connectivity index (χ2v) is 3.78. The molecule has 3 heteroatoms. The van der Waals surface area contributed by atoms with E-state index in [1.807, 2.05) is 6.92 Å². The highest BCUT2D eigenvalue weighted by Crippen LogP contribution is 2.08. The van der Waals surface area contributed by atoms with Gasteiger partial charge in [-0.3, -0.25) is 0 Å². The maximum atomic E-state index is 11.4. The van der Waals surface area contributed by atoms with E-state index in [2.05, 4.69) is 13.2 Å². The Kier molecular flexibility index (Phi) is 2.88.